The van der Waals surface area contributed by atoms with Crippen molar-refractivity contribution in [3.05, 3.63) is 47.2 Å². The van der Waals surface area contributed by atoms with Gasteiger partial charge in [-0.25, -0.2) is 4.79 Å². The molecule has 1 aliphatic rings. The molecule has 1 aromatic carbocycles. The van der Waals surface area contributed by atoms with Crippen molar-refractivity contribution >= 4 is 5.97 Å². The van der Waals surface area contributed by atoms with Gasteiger partial charge in [-0.05, 0) is 18.9 Å². The van der Waals surface area contributed by atoms with Crippen molar-refractivity contribution in [2.24, 2.45) is 5.92 Å². The average Bonchev–Trinajstić information content (AvgIpc) is 2.41. The van der Waals surface area contributed by atoms with Crippen molar-refractivity contribution in [1.29, 1.82) is 0 Å². The van der Waals surface area contributed by atoms with Gasteiger partial charge in [0.05, 0.1) is 12.7 Å². The highest BCUT2D eigenvalue weighted by molar-refractivity contribution is 5.89. The number of benzene rings is 1. The standard InChI is InChI=1S/C15H18O3/c1-10-9-13(15(16)17-3)11(2)18-14(10)12-7-5-4-6-8-12/h4-8,10,14H,9H2,1-3H3/t10-,14+/m0/s1. The first-order valence-electron chi connectivity index (χ1n) is 6.13. The van der Waals surface area contributed by atoms with E-state index in [4.69, 9.17) is 9.47 Å². The van der Waals surface area contributed by atoms with Crippen LogP contribution in [0, 0.1) is 5.92 Å². The molecular weight excluding hydrogens is 228 g/mol. The molecule has 0 unspecified atom stereocenters. The van der Waals surface area contributed by atoms with Gasteiger partial charge in [-0.15, -0.1) is 0 Å². The van der Waals surface area contributed by atoms with Crippen molar-refractivity contribution in [3.8, 4) is 0 Å². The molecule has 0 amide bonds. The van der Waals surface area contributed by atoms with Gasteiger partial charge in [-0.3, -0.25) is 0 Å². The van der Waals surface area contributed by atoms with Crippen LogP contribution in [0.25, 0.3) is 0 Å². The highest BCUT2D eigenvalue weighted by Crippen LogP contribution is 2.38. The van der Waals surface area contributed by atoms with Gasteiger partial charge in [0.2, 0.25) is 0 Å². The summed E-state index contributed by atoms with van der Waals surface area (Å²) in [5, 5.41) is 0. The van der Waals surface area contributed by atoms with Gasteiger partial charge in [-0.1, -0.05) is 37.3 Å². The Balaban J connectivity index is 2.25. The van der Waals surface area contributed by atoms with Gasteiger partial charge in [-0.2, -0.15) is 0 Å². The van der Waals surface area contributed by atoms with Crippen LogP contribution in [0.3, 0.4) is 0 Å². The van der Waals surface area contributed by atoms with Crippen LogP contribution >= 0.6 is 0 Å². The summed E-state index contributed by atoms with van der Waals surface area (Å²) in [6.45, 7) is 3.92. The predicted octanol–water partition coefficient (Wildman–Crippen LogP) is 3.23. The van der Waals surface area contributed by atoms with E-state index in [2.05, 4.69) is 19.1 Å². The molecule has 0 spiro atoms. The summed E-state index contributed by atoms with van der Waals surface area (Å²) in [4.78, 5) is 11.6. The van der Waals surface area contributed by atoms with E-state index in [-0.39, 0.29) is 18.0 Å². The molecule has 3 nitrogen and oxygen atoms in total. The summed E-state index contributed by atoms with van der Waals surface area (Å²) in [6, 6.07) is 10.1. The van der Waals surface area contributed by atoms with Crippen LogP contribution < -0.4 is 0 Å². The molecule has 0 N–H and O–H groups in total. The fourth-order valence-corrected chi connectivity index (χ4v) is 2.34. The minimum atomic E-state index is -0.286. The first-order valence-corrected chi connectivity index (χ1v) is 6.13. The number of ether oxygens (including phenoxy) is 2. The summed E-state index contributed by atoms with van der Waals surface area (Å²) >= 11 is 0. The molecule has 2 atom stereocenters. The van der Waals surface area contributed by atoms with E-state index < -0.39 is 0 Å². The fraction of sp³-hybridized carbons (Fsp3) is 0.400. The van der Waals surface area contributed by atoms with Crippen molar-refractivity contribution in [2.75, 3.05) is 7.11 Å². The SMILES string of the molecule is COC(=O)C1=C(C)O[C@@H](c2ccccc2)[C@@H](C)C1. The normalized spacial score (nSPS) is 23.5. The minimum Gasteiger partial charge on any atom is -0.490 e. The first-order chi connectivity index (χ1) is 8.63. The Hall–Kier alpha value is -1.77. The van der Waals surface area contributed by atoms with Gasteiger partial charge in [0, 0.05) is 5.92 Å². The quantitative estimate of drug-likeness (QED) is 0.751. The molecule has 2 rings (SSSR count). The van der Waals surface area contributed by atoms with E-state index in [1.165, 1.54) is 7.11 Å². The Bertz CT molecular complexity index is 462. The van der Waals surface area contributed by atoms with Crippen LogP contribution in [0.4, 0.5) is 0 Å². The number of hydrogen-bond donors (Lipinski definition) is 0. The van der Waals surface area contributed by atoms with Crippen LogP contribution in [0.15, 0.2) is 41.7 Å². The Morgan fingerprint density at radius 3 is 2.61 bits per heavy atom. The molecule has 1 aliphatic heterocycles. The molecule has 18 heavy (non-hydrogen) atoms. The largest absolute Gasteiger partial charge is 0.490 e. The number of rotatable bonds is 2. The smallest absolute Gasteiger partial charge is 0.337 e. The molecule has 96 valence electrons. The molecule has 0 aliphatic carbocycles. The number of carbonyl (C=O) groups is 1. The monoisotopic (exact) mass is 246 g/mol. The second-order valence-corrected chi connectivity index (χ2v) is 4.66. The zero-order valence-corrected chi connectivity index (χ0v) is 11.0. The molecular formula is C15H18O3. The fourth-order valence-electron chi connectivity index (χ4n) is 2.34. The topological polar surface area (TPSA) is 35.5 Å². The maximum absolute atomic E-state index is 11.6. The third kappa shape index (κ3) is 2.40. The Morgan fingerprint density at radius 2 is 2.00 bits per heavy atom. The van der Waals surface area contributed by atoms with Crippen LogP contribution in [0.5, 0.6) is 0 Å². The second-order valence-electron chi connectivity index (χ2n) is 4.66. The van der Waals surface area contributed by atoms with Gasteiger partial charge in [0.15, 0.2) is 0 Å². The van der Waals surface area contributed by atoms with Crippen LogP contribution in [0.1, 0.15) is 31.9 Å². The van der Waals surface area contributed by atoms with Crippen LogP contribution in [0.2, 0.25) is 0 Å². The third-order valence-corrected chi connectivity index (χ3v) is 3.33. The summed E-state index contributed by atoms with van der Waals surface area (Å²) in [6.07, 6.45) is 0.706. The number of methoxy groups -OCH3 is 1. The number of esters is 1. The van der Waals surface area contributed by atoms with Crippen molar-refractivity contribution in [3.63, 3.8) is 0 Å². The molecule has 0 radical (unpaired) electrons. The zero-order chi connectivity index (χ0) is 13.1. The first kappa shape index (κ1) is 12.7. The Morgan fingerprint density at radius 1 is 1.33 bits per heavy atom. The van der Waals surface area contributed by atoms with Gasteiger partial charge in [0.25, 0.3) is 0 Å². The van der Waals surface area contributed by atoms with Gasteiger partial charge < -0.3 is 9.47 Å². The predicted molar refractivity (Wildman–Crippen MR) is 68.8 cm³/mol. The van der Waals surface area contributed by atoms with E-state index in [0.29, 0.717) is 17.8 Å². The summed E-state index contributed by atoms with van der Waals surface area (Å²) < 4.78 is 10.7. The molecule has 0 bridgehead atoms. The number of carbonyl (C=O) groups excluding carboxylic acids is 1. The maximum Gasteiger partial charge on any atom is 0.337 e. The van der Waals surface area contributed by atoms with Gasteiger partial charge in [0.1, 0.15) is 11.9 Å². The van der Waals surface area contributed by atoms with Crippen molar-refractivity contribution in [1.82, 2.24) is 0 Å². The second kappa shape index (κ2) is 5.25. The van der Waals surface area contributed by atoms with E-state index >= 15 is 0 Å². The zero-order valence-electron chi connectivity index (χ0n) is 11.0. The van der Waals surface area contributed by atoms with Crippen molar-refractivity contribution in [2.45, 2.75) is 26.4 Å². The highest BCUT2D eigenvalue weighted by Gasteiger charge is 2.31. The number of allylic oxidation sites excluding steroid dienone is 1. The summed E-state index contributed by atoms with van der Waals surface area (Å²) in [7, 11) is 1.40. The highest BCUT2D eigenvalue weighted by atomic mass is 16.5. The number of hydrogen-bond acceptors (Lipinski definition) is 3. The lowest BCUT2D eigenvalue weighted by atomic mass is 9.88. The Kier molecular flexibility index (Phi) is 3.70. The molecule has 0 aromatic heterocycles. The van der Waals surface area contributed by atoms with Crippen molar-refractivity contribution < 1.29 is 14.3 Å². The minimum absolute atomic E-state index is 0.0135. The lowest BCUT2D eigenvalue weighted by Crippen LogP contribution is -2.23. The molecule has 1 heterocycles. The summed E-state index contributed by atoms with van der Waals surface area (Å²) in [5.41, 5.74) is 1.80. The summed E-state index contributed by atoms with van der Waals surface area (Å²) in [5.74, 6) is 0.643. The molecule has 0 saturated carbocycles. The van der Waals surface area contributed by atoms with E-state index in [1.807, 2.05) is 25.1 Å². The maximum atomic E-state index is 11.6. The molecule has 1 aromatic rings. The average molecular weight is 246 g/mol. The van der Waals surface area contributed by atoms with E-state index in [1.54, 1.807) is 0 Å². The lowest BCUT2D eigenvalue weighted by molar-refractivity contribution is -0.137. The molecule has 0 saturated heterocycles. The lowest BCUT2D eigenvalue weighted by Gasteiger charge is -2.31. The van der Waals surface area contributed by atoms with E-state index in [0.717, 1.165) is 5.56 Å². The van der Waals surface area contributed by atoms with Crippen LogP contribution in [-0.4, -0.2) is 13.1 Å². The molecule has 3 heteroatoms. The van der Waals surface area contributed by atoms with Gasteiger partial charge >= 0.3 is 5.97 Å². The Labute approximate surface area is 107 Å². The van der Waals surface area contributed by atoms with E-state index in [9.17, 15) is 4.79 Å². The third-order valence-electron chi connectivity index (χ3n) is 3.33. The molecule has 0 fully saturated rings. The van der Waals surface area contributed by atoms with Crippen LogP contribution in [-0.2, 0) is 14.3 Å².